The molecule has 1 rings (SSSR count). The molecule has 0 spiro atoms. The normalized spacial score (nSPS) is 11.6. The van der Waals surface area contributed by atoms with E-state index >= 15 is 0 Å². The van der Waals surface area contributed by atoms with Crippen molar-refractivity contribution in [1.82, 2.24) is 4.98 Å². The van der Waals surface area contributed by atoms with Gasteiger partial charge in [0, 0.05) is 6.54 Å². The average molecular weight is 314 g/mol. The molecule has 1 heterocycles. The lowest BCUT2D eigenvalue weighted by atomic mass is 10.1. The van der Waals surface area contributed by atoms with Crippen molar-refractivity contribution in [3.63, 3.8) is 0 Å². The lowest BCUT2D eigenvalue weighted by Crippen LogP contribution is -2.22. The van der Waals surface area contributed by atoms with Gasteiger partial charge in [-0.2, -0.15) is 0 Å². The summed E-state index contributed by atoms with van der Waals surface area (Å²) in [6, 6.07) is 0. The SMILES string of the molecule is CCOC(=O)c1c(OC(F)(F)F)cnc(CN)c1C(F)F. The molecule has 0 radical (unpaired) electrons. The monoisotopic (exact) mass is 314 g/mol. The highest BCUT2D eigenvalue weighted by Gasteiger charge is 2.36. The molecule has 5 nitrogen and oxygen atoms in total. The number of pyridine rings is 1. The maximum Gasteiger partial charge on any atom is 0.573 e. The maximum atomic E-state index is 13.0. The van der Waals surface area contributed by atoms with Crippen LogP contribution in [0.4, 0.5) is 22.0 Å². The van der Waals surface area contributed by atoms with Gasteiger partial charge < -0.3 is 15.2 Å². The van der Waals surface area contributed by atoms with Gasteiger partial charge in [-0.1, -0.05) is 0 Å². The van der Waals surface area contributed by atoms with Gasteiger partial charge in [0.1, 0.15) is 5.56 Å². The number of ether oxygens (including phenoxy) is 2. The number of hydrogen-bond donors (Lipinski definition) is 1. The molecule has 2 N–H and O–H groups in total. The van der Waals surface area contributed by atoms with Gasteiger partial charge in [-0.25, -0.2) is 13.6 Å². The standard InChI is InChI=1S/C11H11F5N2O3/c1-2-20-10(19)8-6(21-11(14,15)16)4-18-5(3-17)7(8)9(12)13/h4,9H,2-3,17H2,1H3. The van der Waals surface area contributed by atoms with Crippen LogP contribution in [0.25, 0.3) is 0 Å². The third-order valence-electron chi connectivity index (χ3n) is 2.28. The topological polar surface area (TPSA) is 74.4 Å². The Kier molecular flexibility index (Phi) is 5.41. The lowest BCUT2D eigenvalue weighted by molar-refractivity contribution is -0.274. The Balaban J connectivity index is 3.50. The van der Waals surface area contributed by atoms with E-state index in [0.29, 0.717) is 6.20 Å². The lowest BCUT2D eigenvalue weighted by Gasteiger charge is -2.17. The summed E-state index contributed by atoms with van der Waals surface area (Å²) in [5, 5.41) is 0. The molecular weight excluding hydrogens is 303 g/mol. The fraction of sp³-hybridized carbons (Fsp3) is 0.455. The van der Waals surface area contributed by atoms with E-state index in [1.54, 1.807) is 0 Å². The van der Waals surface area contributed by atoms with Crippen LogP contribution in [0.15, 0.2) is 6.20 Å². The van der Waals surface area contributed by atoms with Crippen molar-refractivity contribution in [1.29, 1.82) is 0 Å². The number of carbonyl (C=O) groups excluding carboxylic acids is 1. The van der Waals surface area contributed by atoms with Crippen molar-refractivity contribution in [2.45, 2.75) is 26.3 Å². The number of nitrogens with zero attached hydrogens (tertiary/aromatic N) is 1. The number of halogens is 5. The number of alkyl halides is 5. The Hall–Kier alpha value is -1.97. The molecule has 1 aromatic rings. The molecule has 0 aliphatic carbocycles. The number of aromatic nitrogens is 1. The van der Waals surface area contributed by atoms with Crippen LogP contribution < -0.4 is 10.5 Å². The summed E-state index contributed by atoms with van der Waals surface area (Å²) >= 11 is 0. The minimum atomic E-state index is -5.17. The molecule has 21 heavy (non-hydrogen) atoms. The molecule has 0 unspecified atom stereocenters. The van der Waals surface area contributed by atoms with Gasteiger partial charge in [0.05, 0.1) is 24.1 Å². The van der Waals surface area contributed by atoms with Gasteiger partial charge in [-0.15, -0.1) is 13.2 Å². The van der Waals surface area contributed by atoms with Gasteiger partial charge in [0.25, 0.3) is 6.43 Å². The first-order valence-electron chi connectivity index (χ1n) is 5.64. The zero-order chi connectivity index (χ0) is 16.2. The van der Waals surface area contributed by atoms with Crippen LogP contribution >= 0.6 is 0 Å². The fourth-order valence-corrected chi connectivity index (χ4v) is 1.56. The Bertz CT molecular complexity index is 519. The van der Waals surface area contributed by atoms with Crippen molar-refractivity contribution in [2.24, 2.45) is 5.73 Å². The van der Waals surface area contributed by atoms with E-state index < -0.39 is 47.9 Å². The summed E-state index contributed by atoms with van der Waals surface area (Å²) in [5.74, 6) is -2.53. The largest absolute Gasteiger partial charge is 0.573 e. The van der Waals surface area contributed by atoms with Crippen LogP contribution in [0, 0.1) is 0 Å². The zero-order valence-corrected chi connectivity index (χ0v) is 10.7. The highest BCUT2D eigenvalue weighted by molar-refractivity contribution is 5.94. The van der Waals surface area contributed by atoms with E-state index in [9.17, 15) is 26.7 Å². The van der Waals surface area contributed by atoms with E-state index in [0.717, 1.165) is 0 Å². The molecule has 0 saturated heterocycles. The second kappa shape index (κ2) is 6.66. The first-order valence-corrected chi connectivity index (χ1v) is 5.64. The Morgan fingerprint density at radius 3 is 2.48 bits per heavy atom. The molecule has 0 aliphatic heterocycles. The quantitative estimate of drug-likeness (QED) is 0.668. The second-order valence-corrected chi connectivity index (χ2v) is 3.63. The summed E-state index contributed by atoms with van der Waals surface area (Å²) in [5.41, 5.74) is 2.73. The van der Waals surface area contributed by atoms with E-state index in [-0.39, 0.29) is 6.61 Å². The van der Waals surface area contributed by atoms with E-state index in [4.69, 9.17) is 5.73 Å². The summed E-state index contributed by atoms with van der Waals surface area (Å²) < 4.78 is 70.9. The Morgan fingerprint density at radius 1 is 1.43 bits per heavy atom. The van der Waals surface area contributed by atoms with Crippen molar-refractivity contribution in [3.05, 3.63) is 23.0 Å². The fourth-order valence-electron chi connectivity index (χ4n) is 1.56. The third kappa shape index (κ3) is 4.25. The number of carbonyl (C=O) groups is 1. The van der Waals surface area contributed by atoms with Crippen molar-refractivity contribution in [2.75, 3.05) is 6.61 Å². The highest BCUT2D eigenvalue weighted by atomic mass is 19.4. The first kappa shape index (κ1) is 17.1. The van der Waals surface area contributed by atoms with Crippen LogP contribution in [0.5, 0.6) is 5.75 Å². The molecule has 0 saturated carbocycles. The minimum absolute atomic E-state index is 0.215. The van der Waals surface area contributed by atoms with Crippen molar-refractivity contribution < 1.29 is 36.2 Å². The highest BCUT2D eigenvalue weighted by Crippen LogP contribution is 2.34. The predicted octanol–water partition coefficient (Wildman–Crippen LogP) is 2.55. The molecule has 0 aromatic carbocycles. The van der Waals surface area contributed by atoms with Gasteiger partial charge in [0.15, 0.2) is 5.75 Å². The van der Waals surface area contributed by atoms with E-state index in [2.05, 4.69) is 14.5 Å². The molecular formula is C11H11F5N2O3. The predicted molar refractivity (Wildman–Crippen MR) is 59.7 cm³/mol. The summed E-state index contributed by atoms with van der Waals surface area (Å²) in [6.07, 6.45) is -7.94. The summed E-state index contributed by atoms with van der Waals surface area (Å²) in [7, 11) is 0. The summed E-state index contributed by atoms with van der Waals surface area (Å²) in [4.78, 5) is 15.0. The Morgan fingerprint density at radius 2 is 2.05 bits per heavy atom. The molecule has 1 aromatic heterocycles. The van der Waals surface area contributed by atoms with Crippen LogP contribution in [-0.2, 0) is 11.3 Å². The first-order chi connectivity index (χ1) is 9.71. The number of esters is 1. The summed E-state index contributed by atoms with van der Waals surface area (Å²) in [6.45, 7) is 0.668. The van der Waals surface area contributed by atoms with Crippen LogP contribution in [-0.4, -0.2) is 23.9 Å². The smallest absolute Gasteiger partial charge is 0.462 e. The van der Waals surface area contributed by atoms with E-state index in [1.165, 1.54) is 6.92 Å². The van der Waals surface area contributed by atoms with E-state index in [1.807, 2.05) is 0 Å². The van der Waals surface area contributed by atoms with Gasteiger partial charge in [0.2, 0.25) is 0 Å². The minimum Gasteiger partial charge on any atom is -0.462 e. The number of hydrogen-bond acceptors (Lipinski definition) is 5. The van der Waals surface area contributed by atoms with Crippen molar-refractivity contribution in [3.8, 4) is 5.75 Å². The number of nitrogens with two attached hydrogens (primary N) is 1. The van der Waals surface area contributed by atoms with Gasteiger partial charge in [-0.05, 0) is 6.92 Å². The Labute approximate surface area is 115 Å². The third-order valence-corrected chi connectivity index (χ3v) is 2.28. The molecule has 118 valence electrons. The maximum absolute atomic E-state index is 13.0. The average Bonchev–Trinajstić information content (AvgIpc) is 2.36. The molecule has 0 aliphatic rings. The molecule has 10 heteroatoms. The molecule has 0 bridgehead atoms. The van der Waals surface area contributed by atoms with Crippen molar-refractivity contribution >= 4 is 5.97 Å². The second-order valence-electron chi connectivity index (χ2n) is 3.63. The van der Waals surface area contributed by atoms with Crippen LogP contribution in [0.2, 0.25) is 0 Å². The zero-order valence-electron chi connectivity index (χ0n) is 10.7. The molecule has 0 amide bonds. The van der Waals surface area contributed by atoms with Gasteiger partial charge >= 0.3 is 12.3 Å². The van der Waals surface area contributed by atoms with Crippen LogP contribution in [0.3, 0.4) is 0 Å². The molecule has 0 atom stereocenters. The molecule has 0 fully saturated rings. The van der Waals surface area contributed by atoms with Crippen LogP contribution in [0.1, 0.15) is 35.0 Å². The van der Waals surface area contributed by atoms with Gasteiger partial charge in [-0.3, -0.25) is 4.98 Å². The number of rotatable bonds is 5.